The Morgan fingerprint density at radius 3 is 2.89 bits per heavy atom. The largest absolute Gasteiger partial charge is 0.393 e. The molecule has 1 saturated carbocycles. The molecular formula is C13H18ClN3O2. The SMILES string of the molecule is C[C@H](C(=O)Nc1cccnc1Cl)N(C)C1CC(O)C1. The van der Waals surface area contributed by atoms with E-state index in [1.807, 2.05) is 18.9 Å². The Hall–Kier alpha value is -1.17. The first-order valence-corrected chi connectivity index (χ1v) is 6.68. The van der Waals surface area contributed by atoms with Crippen molar-refractivity contribution in [1.82, 2.24) is 9.88 Å². The number of rotatable bonds is 4. The van der Waals surface area contributed by atoms with Gasteiger partial charge in [-0.15, -0.1) is 0 Å². The Kier molecular flexibility index (Phi) is 4.39. The van der Waals surface area contributed by atoms with Crippen LogP contribution in [0.15, 0.2) is 18.3 Å². The zero-order valence-electron chi connectivity index (χ0n) is 11.0. The summed E-state index contributed by atoms with van der Waals surface area (Å²) in [6.07, 6.45) is 2.79. The highest BCUT2D eigenvalue weighted by molar-refractivity contribution is 6.32. The number of aromatic nitrogens is 1. The van der Waals surface area contributed by atoms with Crippen molar-refractivity contribution in [2.75, 3.05) is 12.4 Å². The average Bonchev–Trinajstić information content (AvgIpc) is 2.36. The normalized spacial score (nSPS) is 23.8. The summed E-state index contributed by atoms with van der Waals surface area (Å²) >= 11 is 5.90. The highest BCUT2D eigenvalue weighted by Gasteiger charge is 2.34. The fourth-order valence-electron chi connectivity index (χ4n) is 2.11. The van der Waals surface area contributed by atoms with Crippen LogP contribution < -0.4 is 5.32 Å². The number of aliphatic hydroxyl groups excluding tert-OH is 1. The van der Waals surface area contributed by atoms with Gasteiger partial charge in [0.25, 0.3) is 0 Å². The lowest BCUT2D eigenvalue weighted by molar-refractivity contribution is -0.122. The average molecular weight is 284 g/mol. The number of likely N-dealkylation sites (N-methyl/N-ethyl adjacent to an activating group) is 1. The Morgan fingerprint density at radius 1 is 1.63 bits per heavy atom. The molecule has 0 bridgehead atoms. The van der Waals surface area contributed by atoms with Crippen LogP contribution in [0.5, 0.6) is 0 Å². The van der Waals surface area contributed by atoms with Crippen LogP contribution in [-0.2, 0) is 4.79 Å². The van der Waals surface area contributed by atoms with E-state index in [9.17, 15) is 9.90 Å². The lowest BCUT2D eigenvalue weighted by Crippen LogP contribution is -2.52. The summed E-state index contributed by atoms with van der Waals surface area (Å²) in [6, 6.07) is 3.42. The van der Waals surface area contributed by atoms with Gasteiger partial charge in [-0.25, -0.2) is 4.98 Å². The maximum absolute atomic E-state index is 12.1. The van der Waals surface area contributed by atoms with Gasteiger partial charge in [0.1, 0.15) is 0 Å². The first-order chi connectivity index (χ1) is 8.99. The number of carbonyl (C=O) groups is 1. The molecule has 1 aromatic rings. The van der Waals surface area contributed by atoms with Gasteiger partial charge in [0.15, 0.2) is 5.15 Å². The molecule has 0 unspecified atom stereocenters. The van der Waals surface area contributed by atoms with Gasteiger partial charge in [-0.2, -0.15) is 0 Å². The molecule has 104 valence electrons. The number of pyridine rings is 1. The molecule has 19 heavy (non-hydrogen) atoms. The van der Waals surface area contributed by atoms with E-state index in [-0.39, 0.29) is 29.2 Å². The molecule has 2 N–H and O–H groups in total. The Labute approximate surface area is 117 Å². The molecule has 0 saturated heterocycles. The third-order valence-corrected chi connectivity index (χ3v) is 3.97. The van der Waals surface area contributed by atoms with E-state index in [0.29, 0.717) is 5.69 Å². The van der Waals surface area contributed by atoms with Crippen molar-refractivity contribution in [3.05, 3.63) is 23.5 Å². The highest BCUT2D eigenvalue weighted by atomic mass is 35.5. The molecule has 1 atom stereocenters. The lowest BCUT2D eigenvalue weighted by Gasteiger charge is -2.41. The third-order valence-electron chi connectivity index (χ3n) is 3.67. The number of hydrogen-bond donors (Lipinski definition) is 2. The fourth-order valence-corrected chi connectivity index (χ4v) is 2.28. The molecule has 0 aromatic carbocycles. The van der Waals surface area contributed by atoms with Crippen LogP contribution >= 0.6 is 11.6 Å². The molecule has 0 radical (unpaired) electrons. The van der Waals surface area contributed by atoms with Gasteiger partial charge in [0.05, 0.1) is 17.8 Å². The van der Waals surface area contributed by atoms with Crippen molar-refractivity contribution in [2.24, 2.45) is 0 Å². The van der Waals surface area contributed by atoms with Crippen molar-refractivity contribution in [3.8, 4) is 0 Å². The van der Waals surface area contributed by atoms with Gasteiger partial charge < -0.3 is 10.4 Å². The number of nitrogens with one attached hydrogen (secondary N) is 1. The Morgan fingerprint density at radius 2 is 2.32 bits per heavy atom. The van der Waals surface area contributed by atoms with Crippen LogP contribution in [0, 0.1) is 0 Å². The molecule has 1 aliphatic rings. The topological polar surface area (TPSA) is 65.5 Å². The second kappa shape index (κ2) is 5.86. The Bertz CT molecular complexity index is 463. The van der Waals surface area contributed by atoms with Gasteiger partial charge in [-0.05, 0) is 38.9 Å². The number of anilines is 1. The number of carbonyl (C=O) groups excluding carboxylic acids is 1. The quantitative estimate of drug-likeness (QED) is 0.822. The molecule has 5 nitrogen and oxygen atoms in total. The molecule has 6 heteroatoms. The van der Waals surface area contributed by atoms with Gasteiger partial charge in [0.2, 0.25) is 5.91 Å². The lowest BCUT2D eigenvalue weighted by atomic mass is 9.87. The highest BCUT2D eigenvalue weighted by Crippen LogP contribution is 2.26. The van der Waals surface area contributed by atoms with Crippen molar-refractivity contribution in [1.29, 1.82) is 0 Å². The standard InChI is InChI=1S/C13H18ClN3O2/c1-8(17(2)9-6-10(18)7-9)13(19)16-11-4-3-5-15-12(11)14/h3-5,8-10,18H,6-7H2,1-2H3,(H,16,19)/t8-,9?,10?/m1/s1. The van der Waals surface area contributed by atoms with Crippen LogP contribution in [0.25, 0.3) is 0 Å². The first kappa shape index (κ1) is 14.2. The summed E-state index contributed by atoms with van der Waals surface area (Å²) < 4.78 is 0. The summed E-state index contributed by atoms with van der Waals surface area (Å²) in [5.74, 6) is -0.126. The van der Waals surface area contributed by atoms with Gasteiger partial charge in [-0.1, -0.05) is 11.6 Å². The van der Waals surface area contributed by atoms with Crippen LogP contribution in [0.2, 0.25) is 5.15 Å². The second-order valence-electron chi connectivity index (χ2n) is 4.95. The van der Waals surface area contributed by atoms with Gasteiger partial charge in [-0.3, -0.25) is 9.69 Å². The summed E-state index contributed by atoms with van der Waals surface area (Å²) in [5, 5.41) is 12.4. The molecule has 0 aliphatic heterocycles. The van der Waals surface area contributed by atoms with Gasteiger partial charge >= 0.3 is 0 Å². The van der Waals surface area contributed by atoms with E-state index in [4.69, 9.17) is 11.6 Å². The zero-order valence-corrected chi connectivity index (χ0v) is 11.8. The maximum Gasteiger partial charge on any atom is 0.241 e. The number of hydrogen-bond acceptors (Lipinski definition) is 4. The van der Waals surface area contributed by atoms with E-state index in [2.05, 4.69) is 10.3 Å². The van der Waals surface area contributed by atoms with Crippen molar-refractivity contribution in [2.45, 2.75) is 38.0 Å². The van der Waals surface area contributed by atoms with E-state index < -0.39 is 0 Å². The van der Waals surface area contributed by atoms with Crippen molar-refractivity contribution in [3.63, 3.8) is 0 Å². The van der Waals surface area contributed by atoms with Crippen molar-refractivity contribution >= 4 is 23.2 Å². The van der Waals surface area contributed by atoms with E-state index in [1.54, 1.807) is 18.3 Å². The summed E-state index contributed by atoms with van der Waals surface area (Å²) in [7, 11) is 1.89. The minimum atomic E-state index is -0.284. The summed E-state index contributed by atoms with van der Waals surface area (Å²) in [4.78, 5) is 18.0. The van der Waals surface area contributed by atoms with Gasteiger partial charge in [0, 0.05) is 12.2 Å². The summed E-state index contributed by atoms with van der Waals surface area (Å²) in [6.45, 7) is 1.84. The maximum atomic E-state index is 12.1. The number of halogens is 1. The van der Waals surface area contributed by atoms with E-state index >= 15 is 0 Å². The monoisotopic (exact) mass is 283 g/mol. The number of nitrogens with zero attached hydrogens (tertiary/aromatic N) is 2. The third kappa shape index (κ3) is 3.23. The molecule has 1 heterocycles. The minimum Gasteiger partial charge on any atom is -0.393 e. The molecule has 0 spiro atoms. The van der Waals surface area contributed by atoms with Crippen molar-refractivity contribution < 1.29 is 9.90 Å². The van der Waals surface area contributed by atoms with Crippen LogP contribution in [0.3, 0.4) is 0 Å². The molecular weight excluding hydrogens is 266 g/mol. The Balaban J connectivity index is 1.94. The molecule has 1 aromatic heterocycles. The zero-order chi connectivity index (χ0) is 14.0. The first-order valence-electron chi connectivity index (χ1n) is 6.30. The predicted octanol–water partition coefficient (Wildman–Crippen LogP) is 1.52. The van der Waals surface area contributed by atoms with Crippen LogP contribution in [0.4, 0.5) is 5.69 Å². The van der Waals surface area contributed by atoms with E-state index in [0.717, 1.165) is 12.8 Å². The second-order valence-corrected chi connectivity index (χ2v) is 5.31. The molecule has 2 rings (SSSR count). The fraction of sp³-hybridized carbons (Fsp3) is 0.538. The smallest absolute Gasteiger partial charge is 0.241 e. The van der Waals surface area contributed by atoms with Crippen LogP contribution in [0.1, 0.15) is 19.8 Å². The van der Waals surface area contributed by atoms with Crippen LogP contribution in [-0.4, -0.2) is 46.1 Å². The molecule has 1 aliphatic carbocycles. The van der Waals surface area contributed by atoms with E-state index in [1.165, 1.54) is 0 Å². The predicted molar refractivity (Wildman–Crippen MR) is 74.1 cm³/mol. The molecule has 1 amide bonds. The summed E-state index contributed by atoms with van der Waals surface area (Å²) in [5.41, 5.74) is 0.517. The number of aliphatic hydroxyl groups is 1. The molecule has 1 fully saturated rings. The number of amides is 1. The minimum absolute atomic E-state index is 0.126.